The van der Waals surface area contributed by atoms with Crippen molar-refractivity contribution < 1.29 is 26.5 Å². The second kappa shape index (κ2) is 11.9. The number of benzene rings is 2. The topological polar surface area (TPSA) is 70.2 Å². The van der Waals surface area contributed by atoms with Gasteiger partial charge < -0.3 is 13.7 Å². The summed E-state index contributed by atoms with van der Waals surface area (Å²) in [4.78, 5) is 8.07. The molecule has 2 aromatic heterocycles. The summed E-state index contributed by atoms with van der Waals surface area (Å²) in [6.45, 7) is 1.20. The van der Waals surface area contributed by atoms with Crippen LogP contribution in [-0.4, -0.2) is 24.3 Å². The predicted octanol–water partition coefficient (Wildman–Crippen LogP) is 6.27. The fourth-order valence-electron chi connectivity index (χ4n) is 3.42. The normalized spacial score (nSPS) is 12.8. The first-order valence-electron chi connectivity index (χ1n) is 11.3. The van der Waals surface area contributed by atoms with Crippen molar-refractivity contribution in [2.45, 2.75) is 42.8 Å². The Kier molecular flexibility index (Phi) is 8.37. The van der Waals surface area contributed by atoms with E-state index in [0.29, 0.717) is 17.1 Å². The van der Waals surface area contributed by atoms with Gasteiger partial charge in [-0.1, -0.05) is 24.3 Å². The number of oxazole rings is 1. The Morgan fingerprint density at radius 3 is 2.50 bits per heavy atom. The molecule has 0 radical (unpaired) electrons. The largest absolute Gasteiger partial charge is 0.487 e. The van der Waals surface area contributed by atoms with Crippen molar-refractivity contribution in [3.63, 3.8) is 0 Å². The van der Waals surface area contributed by atoms with Crippen molar-refractivity contribution in [2.24, 2.45) is 0 Å². The van der Waals surface area contributed by atoms with E-state index in [9.17, 15) is 17.4 Å². The molecule has 6 nitrogen and oxygen atoms in total. The number of nitrogens with zero attached hydrogens (tertiary/aromatic N) is 3. The summed E-state index contributed by atoms with van der Waals surface area (Å²) in [6.07, 6.45) is 13.5. The maximum atomic E-state index is 12.5. The van der Waals surface area contributed by atoms with E-state index in [0.717, 1.165) is 31.6 Å². The van der Waals surface area contributed by atoms with Gasteiger partial charge in [-0.2, -0.15) is 13.2 Å². The summed E-state index contributed by atoms with van der Waals surface area (Å²) < 4.78 is 62.3. The van der Waals surface area contributed by atoms with Crippen LogP contribution in [0.25, 0.3) is 12.2 Å². The van der Waals surface area contributed by atoms with Crippen LogP contribution in [-0.2, 0) is 30.4 Å². The average molecular weight is 516 g/mol. The maximum absolute atomic E-state index is 12.5. The van der Waals surface area contributed by atoms with Gasteiger partial charge in [-0.05, 0) is 60.7 Å². The highest BCUT2D eigenvalue weighted by atomic mass is 32.2. The summed E-state index contributed by atoms with van der Waals surface area (Å²) in [5, 5.41) is 0. The van der Waals surface area contributed by atoms with Gasteiger partial charge in [0.1, 0.15) is 24.3 Å². The quantitative estimate of drug-likeness (QED) is 0.220. The van der Waals surface area contributed by atoms with Gasteiger partial charge >= 0.3 is 5.51 Å². The molecule has 4 aromatic rings. The molecule has 0 aliphatic rings. The first kappa shape index (κ1) is 25.4. The lowest BCUT2D eigenvalue weighted by molar-refractivity contribution is -0.0384. The van der Waals surface area contributed by atoms with Gasteiger partial charge in [-0.3, -0.25) is 0 Å². The summed E-state index contributed by atoms with van der Waals surface area (Å²) in [7, 11) is -3.04. The second-order valence-corrected chi connectivity index (χ2v) is 9.46. The number of hydrogen-bond donors (Lipinski definition) is 0. The molecule has 10 heteroatoms. The third-order valence-electron chi connectivity index (χ3n) is 5.29. The smallest absolute Gasteiger partial charge is 0.475 e. The molecule has 188 valence electrons. The molecular formula is C26H24F3N3O3S. The summed E-state index contributed by atoms with van der Waals surface area (Å²) in [5.74, 6) is 1.07. The van der Waals surface area contributed by atoms with E-state index >= 15 is 0 Å². The minimum Gasteiger partial charge on any atom is -0.487 e. The lowest BCUT2D eigenvalue weighted by Crippen LogP contribution is -2.16. The van der Waals surface area contributed by atoms with Crippen molar-refractivity contribution in [1.29, 1.82) is 0 Å². The first-order valence-corrected chi connectivity index (χ1v) is 12.4. The maximum Gasteiger partial charge on any atom is 0.475 e. The van der Waals surface area contributed by atoms with Crippen molar-refractivity contribution in [1.82, 2.24) is 14.5 Å². The standard InChI is InChI=1S/C26H24F3N3O3S/c27-26(28,29)36(33)24-11-6-21(7-12-24)8-13-25-31-22(18-35-25)17-34-23-9-4-20(5-10-23)3-1-2-15-32-16-14-30-19-32/h4-14,16,18-19H,1-3,15,17H2/b13-8+. The van der Waals surface area contributed by atoms with Gasteiger partial charge in [-0.15, -0.1) is 0 Å². The minimum absolute atomic E-state index is 0.236. The molecule has 0 aliphatic carbocycles. The van der Waals surface area contributed by atoms with Crippen molar-refractivity contribution in [3.8, 4) is 5.75 Å². The van der Waals surface area contributed by atoms with Gasteiger partial charge in [-0.25, -0.2) is 14.2 Å². The summed E-state index contributed by atoms with van der Waals surface area (Å²) in [6, 6.07) is 13.2. The molecular weight excluding hydrogens is 491 g/mol. The highest BCUT2D eigenvalue weighted by Crippen LogP contribution is 2.26. The van der Waals surface area contributed by atoms with E-state index in [4.69, 9.17) is 9.15 Å². The minimum atomic E-state index is -4.78. The van der Waals surface area contributed by atoms with Crippen LogP contribution in [0.1, 0.15) is 35.6 Å². The van der Waals surface area contributed by atoms with E-state index < -0.39 is 16.3 Å². The summed E-state index contributed by atoms with van der Waals surface area (Å²) >= 11 is 0. The molecule has 2 heterocycles. The molecule has 0 aliphatic heterocycles. The Hall–Kier alpha value is -3.66. The lowest BCUT2D eigenvalue weighted by Gasteiger charge is -2.06. The van der Waals surface area contributed by atoms with E-state index in [1.807, 2.05) is 24.7 Å². The van der Waals surface area contributed by atoms with Gasteiger partial charge in [0.2, 0.25) is 5.89 Å². The van der Waals surface area contributed by atoms with Crippen LogP contribution in [0.4, 0.5) is 13.2 Å². The Morgan fingerprint density at radius 1 is 1.03 bits per heavy atom. The van der Waals surface area contributed by atoms with Crippen LogP contribution >= 0.6 is 0 Å². The predicted molar refractivity (Wildman–Crippen MR) is 130 cm³/mol. The number of unbranched alkanes of at least 4 members (excludes halogenated alkanes) is 1. The molecule has 0 bridgehead atoms. The molecule has 0 N–H and O–H groups in total. The van der Waals surface area contributed by atoms with E-state index in [2.05, 4.69) is 26.7 Å². The number of rotatable bonds is 11. The van der Waals surface area contributed by atoms with Gasteiger partial charge in [0, 0.05) is 29.9 Å². The van der Waals surface area contributed by atoms with Crippen LogP contribution in [0.15, 0.2) is 82.8 Å². The Morgan fingerprint density at radius 2 is 1.81 bits per heavy atom. The highest BCUT2D eigenvalue weighted by molar-refractivity contribution is 7.86. The Labute approximate surface area is 208 Å². The Balaban J connectivity index is 1.22. The average Bonchev–Trinajstić information content (AvgIpc) is 3.56. The number of halogens is 3. The number of imidazole rings is 1. The zero-order valence-electron chi connectivity index (χ0n) is 19.2. The van der Waals surface area contributed by atoms with Crippen LogP contribution < -0.4 is 4.74 Å². The monoisotopic (exact) mass is 515 g/mol. The fraction of sp³-hybridized carbons (Fsp3) is 0.231. The van der Waals surface area contributed by atoms with E-state index in [-0.39, 0.29) is 11.5 Å². The third-order valence-corrected chi connectivity index (χ3v) is 6.41. The molecule has 2 aromatic carbocycles. The first-order chi connectivity index (χ1) is 17.4. The molecule has 0 spiro atoms. The fourth-order valence-corrected chi connectivity index (χ4v) is 4.07. The van der Waals surface area contributed by atoms with Crippen molar-refractivity contribution in [3.05, 3.63) is 96.2 Å². The van der Waals surface area contributed by atoms with Gasteiger partial charge in [0.25, 0.3) is 0 Å². The molecule has 0 fully saturated rings. The second-order valence-electron chi connectivity index (χ2n) is 7.98. The van der Waals surface area contributed by atoms with Crippen molar-refractivity contribution in [2.75, 3.05) is 0 Å². The highest BCUT2D eigenvalue weighted by Gasteiger charge is 2.37. The molecule has 1 atom stereocenters. The summed E-state index contributed by atoms with van der Waals surface area (Å²) in [5.41, 5.74) is -2.30. The zero-order chi connectivity index (χ0) is 25.4. The molecule has 36 heavy (non-hydrogen) atoms. The molecule has 0 saturated heterocycles. The van der Waals surface area contributed by atoms with Crippen LogP contribution in [0.3, 0.4) is 0 Å². The van der Waals surface area contributed by atoms with Crippen molar-refractivity contribution >= 4 is 23.0 Å². The van der Waals surface area contributed by atoms with Gasteiger partial charge in [0.15, 0.2) is 10.8 Å². The zero-order valence-corrected chi connectivity index (χ0v) is 20.0. The molecule has 4 rings (SSSR count). The number of aryl methyl sites for hydroxylation is 2. The van der Waals surface area contributed by atoms with E-state index in [1.54, 1.807) is 18.3 Å². The number of alkyl halides is 3. The lowest BCUT2D eigenvalue weighted by atomic mass is 10.1. The van der Waals surface area contributed by atoms with Gasteiger partial charge in [0.05, 0.1) is 6.33 Å². The van der Waals surface area contributed by atoms with Crippen LogP contribution in [0.5, 0.6) is 5.75 Å². The molecule has 0 amide bonds. The van der Waals surface area contributed by atoms with Crippen LogP contribution in [0, 0.1) is 0 Å². The Bertz CT molecular complexity index is 1280. The molecule has 0 saturated carbocycles. The third kappa shape index (κ3) is 7.42. The number of aromatic nitrogens is 3. The number of ether oxygens (including phenoxy) is 1. The SMILES string of the molecule is O=S(c1ccc(/C=C/c2nc(COc3ccc(CCCCn4ccnc4)cc3)co2)cc1)C(F)(F)F. The van der Waals surface area contributed by atoms with Crippen LogP contribution in [0.2, 0.25) is 0 Å². The molecule has 1 unspecified atom stereocenters. The number of hydrogen-bond acceptors (Lipinski definition) is 5. The van der Waals surface area contributed by atoms with E-state index in [1.165, 1.54) is 36.1 Å².